The highest BCUT2D eigenvalue weighted by molar-refractivity contribution is 5.39. The molecule has 1 heterocycles. The molecule has 1 saturated heterocycles. The molecular formula is C14H20O2. The van der Waals surface area contributed by atoms with Crippen LogP contribution in [-0.4, -0.2) is 17.8 Å². The predicted octanol–water partition coefficient (Wildman–Crippen LogP) is 2.82. The lowest BCUT2D eigenvalue weighted by atomic mass is 9.92. The number of aliphatic hydroxyl groups excluding tert-OH is 1. The first kappa shape index (κ1) is 11.6. The molecule has 0 aliphatic carbocycles. The highest BCUT2D eigenvalue weighted by atomic mass is 16.5. The van der Waals surface area contributed by atoms with Crippen LogP contribution in [-0.2, 0) is 4.74 Å². The molecule has 0 amide bonds. The van der Waals surface area contributed by atoms with Crippen LogP contribution in [0.2, 0.25) is 0 Å². The molecule has 16 heavy (non-hydrogen) atoms. The van der Waals surface area contributed by atoms with Crippen molar-refractivity contribution in [3.8, 4) is 0 Å². The summed E-state index contributed by atoms with van der Waals surface area (Å²) in [7, 11) is 0. The molecule has 0 aromatic heterocycles. The topological polar surface area (TPSA) is 29.5 Å². The van der Waals surface area contributed by atoms with Crippen molar-refractivity contribution in [3.63, 3.8) is 0 Å². The lowest BCUT2D eigenvalue weighted by Gasteiger charge is -2.22. The summed E-state index contributed by atoms with van der Waals surface area (Å²) in [6.45, 7) is 6.99. The van der Waals surface area contributed by atoms with Crippen LogP contribution in [0.25, 0.3) is 0 Å². The molecule has 1 fully saturated rings. The van der Waals surface area contributed by atoms with Crippen LogP contribution in [0, 0.1) is 20.8 Å². The zero-order chi connectivity index (χ0) is 11.7. The van der Waals surface area contributed by atoms with E-state index in [9.17, 15) is 5.11 Å². The fourth-order valence-electron chi connectivity index (χ4n) is 2.70. The second-order valence-corrected chi connectivity index (χ2v) is 4.81. The van der Waals surface area contributed by atoms with Gasteiger partial charge in [-0.3, -0.25) is 0 Å². The van der Waals surface area contributed by atoms with E-state index in [4.69, 9.17) is 4.74 Å². The second-order valence-electron chi connectivity index (χ2n) is 4.81. The molecular weight excluding hydrogens is 200 g/mol. The maximum absolute atomic E-state index is 10.3. The Balaban J connectivity index is 2.31. The smallest absolute Gasteiger partial charge is 0.106 e. The van der Waals surface area contributed by atoms with E-state index >= 15 is 0 Å². The standard InChI is InChI=1S/C14H20O2/c1-9-7-10(2)13(11(3)8-9)14(15)12-5-4-6-16-12/h7-8,12,14-15H,4-6H2,1-3H3. The van der Waals surface area contributed by atoms with Crippen molar-refractivity contribution in [3.05, 3.63) is 34.4 Å². The Hall–Kier alpha value is -0.860. The number of hydrogen-bond acceptors (Lipinski definition) is 2. The van der Waals surface area contributed by atoms with Crippen LogP contribution in [0.5, 0.6) is 0 Å². The number of ether oxygens (including phenoxy) is 1. The van der Waals surface area contributed by atoms with E-state index in [1.807, 2.05) is 0 Å². The summed E-state index contributed by atoms with van der Waals surface area (Å²) in [5, 5.41) is 10.3. The minimum atomic E-state index is -0.469. The first-order chi connectivity index (χ1) is 7.59. The van der Waals surface area contributed by atoms with Crippen LogP contribution in [0.4, 0.5) is 0 Å². The zero-order valence-corrected chi connectivity index (χ0v) is 10.3. The minimum Gasteiger partial charge on any atom is -0.386 e. The molecule has 2 rings (SSSR count). The SMILES string of the molecule is Cc1cc(C)c(C(O)C2CCCO2)c(C)c1. The molecule has 1 aromatic carbocycles. The van der Waals surface area contributed by atoms with Gasteiger partial charge >= 0.3 is 0 Å². The van der Waals surface area contributed by atoms with Crippen LogP contribution < -0.4 is 0 Å². The van der Waals surface area contributed by atoms with Gasteiger partial charge in [0.15, 0.2) is 0 Å². The van der Waals surface area contributed by atoms with Gasteiger partial charge in [0.2, 0.25) is 0 Å². The van der Waals surface area contributed by atoms with Crippen molar-refractivity contribution in [1.82, 2.24) is 0 Å². The van der Waals surface area contributed by atoms with Gasteiger partial charge in [-0.1, -0.05) is 17.7 Å². The molecule has 2 atom stereocenters. The maximum atomic E-state index is 10.3. The Morgan fingerprint density at radius 1 is 1.25 bits per heavy atom. The Labute approximate surface area is 97.3 Å². The molecule has 1 aliphatic rings. The Bertz CT molecular complexity index is 355. The van der Waals surface area contributed by atoms with Crippen LogP contribution >= 0.6 is 0 Å². The van der Waals surface area contributed by atoms with Gasteiger partial charge in [0, 0.05) is 6.61 Å². The first-order valence-electron chi connectivity index (χ1n) is 5.97. The van der Waals surface area contributed by atoms with Gasteiger partial charge in [-0.2, -0.15) is 0 Å². The molecule has 1 aliphatic heterocycles. The van der Waals surface area contributed by atoms with Gasteiger partial charge in [-0.05, 0) is 50.3 Å². The van der Waals surface area contributed by atoms with E-state index in [0.717, 1.165) is 25.0 Å². The Morgan fingerprint density at radius 3 is 2.38 bits per heavy atom. The summed E-state index contributed by atoms with van der Waals surface area (Å²) in [5.74, 6) is 0. The van der Waals surface area contributed by atoms with Gasteiger partial charge < -0.3 is 9.84 Å². The average molecular weight is 220 g/mol. The summed E-state index contributed by atoms with van der Waals surface area (Å²) in [4.78, 5) is 0. The number of aliphatic hydroxyl groups is 1. The molecule has 0 radical (unpaired) electrons. The minimum absolute atomic E-state index is 0.0138. The van der Waals surface area contributed by atoms with Crippen molar-refractivity contribution < 1.29 is 9.84 Å². The highest BCUT2D eigenvalue weighted by Gasteiger charge is 2.27. The van der Waals surface area contributed by atoms with Gasteiger partial charge in [0.1, 0.15) is 6.10 Å². The van der Waals surface area contributed by atoms with E-state index in [2.05, 4.69) is 32.9 Å². The van der Waals surface area contributed by atoms with Crippen molar-refractivity contribution in [2.24, 2.45) is 0 Å². The maximum Gasteiger partial charge on any atom is 0.106 e. The highest BCUT2D eigenvalue weighted by Crippen LogP contribution is 2.31. The van der Waals surface area contributed by atoms with Crippen LogP contribution in [0.15, 0.2) is 12.1 Å². The molecule has 1 aromatic rings. The number of rotatable bonds is 2. The summed E-state index contributed by atoms with van der Waals surface area (Å²) in [6, 6.07) is 4.25. The molecule has 2 heteroatoms. The third-order valence-corrected chi connectivity index (χ3v) is 3.35. The van der Waals surface area contributed by atoms with Gasteiger partial charge in [0.25, 0.3) is 0 Å². The molecule has 2 nitrogen and oxygen atoms in total. The molecule has 0 bridgehead atoms. The van der Waals surface area contributed by atoms with Crippen molar-refractivity contribution in [1.29, 1.82) is 0 Å². The van der Waals surface area contributed by atoms with E-state index in [1.165, 1.54) is 16.7 Å². The van der Waals surface area contributed by atoms with Gasteiger partial charge in [0.05, 0.1) is 6.10 Å². The summed E-state index contributed by atoms with van der Waals surface area (Å²) >= 11 is 0. The van der Waals surface area contributed by atoms with E-state index in [1.54, 1.807) is 0 Å². The molecule has 0 saturated carbocycles. The predicted molar refractivity (Wildman–Crippen MR) is 64.6 cm³/mol. The van der Waals surface area contributed by atoms with Crippen molar-refractivity contribution in [2.75, 3.05) is 6.61 Å². The van der Waals surface area contributed by atoms with Gasteiger partial charge in [-0.15, -0.1) is 0 Å². The first-order valence-corrected chi connectivity index (χ1v) is 5.97. The zero-order valence-electron chi connectivity index (χ0n) is 10.3. The average Bonchev–Trinajstić information content (AvgIpc) is 2.67. The number of benzene rings is 1. The van der Waals surface area contributed by atoms with Crippen LogP contribution in [0.3, 0.4) is 0 Å². The number of aryl methyl sites for hydroxylation is 3. The second kappa shape index (κ2) is 4.56. The quantitative estimate of drug-likeness (QED) is 0.830. The summed E-state index contributed by atoms with van der Waals surface area (Å²) in [5.41, 5.74) is 4.64. The fourth-order valence-corrected chi connectivity index (χ4v) is 2.70. The molecule has 1 N–H and O–H groups in total. The normalized spacial score (nSPS) is 22.4. The molecule has 0 spiro atoms. The van der Waals surface area contributed by atoms with Gasteiger partial charge in [-0.25, -0.2) is 0 Å². The van der Waals surface area contributed by atoms with Crippen molar-refractivity contribution >= 4 is 0 Å². The third kappa shape index (κ3) is 2.13. The molecule has 2 unspecified atom stereocenters. The monoisotopic (exact) mass is 220 g/mol. The lowest BCUT2D eigenvalue weighted by Crippen LogP contribution is -2.19. The summed E-state index contributed by atoms with van der Waals surface area (Å²) < 4.78 is 5.56. The number of hydrogen-bond donors (Lipinski definition) is 1. The summed E-state index contributed by atoms with van der Waals surface area (Å²) in [6.07, 6.45) is 1.54. The Morgan fingerprint density at radius 2 is 1.88 bits per heavy atom. The van der Waals surface area contributed by atoms with E-state index in [0.29, 0.717) is 0 Å². The van der Waals surface area contributed by atoms with E-state index in [-0.39, 0.29) is 6.10 Å². The lowest BCUT2D eigenvalue weighted by molar-refractivity contribution is -0.00319. The van der Waals surface area contributed by atoms with Crippen molar-refractivity contribution in [2.45, 2.75) is 45.8 Å². The largest absolute Gasteiger partial charge is 0.386 e. The van der Waals surface area contributed by atoms with Crippen LogP contribution in [0.1, 0.15) is 41.2 Å². The fraction of sp³-hybridized carbons (Fsp3) is 0.571. The Kier molecular flexibility index (Phi) is 3.31. The van der Waals surface area contributed by atoms with E-state index < -0.39 is 6.10 Å². The molecule has 88 valence electrons. The third-order valence-electron chi connectivity index (χ3n) is 3.35.